The van der Waals surface area contributed by atoms with Gasteiger partial charge in [0.25, 0.3) is 0 Å². The van der Waals surface area contributed by atoms with Crippen LogP contribution in [-0.2, 0) is 0 Å². The summed E-state index contributed by atoms with van der Waals surface area (Å²) in [7, 11) is 1.73. The summed E-state index contributed by atoms with van der Waals surface area (Å²) in [6.45, 7) is 0.568. The number of thiocarbonyl (C=S) groups is 1. The molecule has 0 aromatic heterocycles. The molecule has 0 fully saturated rings. The van der Waals surface area contributed by atoms with E-state index >= 15 is 0 Å². The number of halogens is 1. The number of rotatable bonds is 4. The van der Waals surface area contributed by atoms with E-state index in [9.17, 15) is 9.50 Å². The van der Waals surface area contributed by atoms with Crippen LogP contribution in [0, 0.1) is 5.82 Å². The lowest BCUT2D eigenvalue weighted by molar-refractivity contribution is 0.168. The zero-order chi connectivity index (χ0) is 12.0. The molecule has 3 N–H and O–H groups in total. The van der Waals surface area contributed by atoms with Crippen LogP contribution in [0.4, 0.5) is 4.39 Å². The molecule has 0 aliphatic carbocycles. The molecule has 1 rings (SSSR count). The van der Waals surface area contributed by atoms with Gasteiger partial charge in [-0.2, -0.15) is 0 Å². The molecule has 0 heterocycles. The first kappa shape index (κ1) is 12.9. The Bertz CT molecular complexity index is 342. The Kier molecular flexibility index (Phi) is 5.14. The number of benzene rings is 1. The molecule has 88 valence electrons. The Morgan fingerprint density at radius 2 is 2.06 bits per heavy atom. The summed E-state index contributed by atoms with van der Waals surface area (Å²) in [5.74, 6) is -0.301. The summed E-state index contributed by atoms with van der Waals surface area (Å²) in [5, 5.41) is 16.0. The second-order valence-corrected chi connectivity index (χ2v) is 3.77. The smallest absolute Gasteiger partial charge is 0.166 e. The van der Waals surface area contributed by atoms with Crippen LogP contribution < -0.4 is 10.6 Å². The van der Waals surface area contributed by atoms with Gasteiger partial charge in [-0.3, -0.25) is 0 Å². The van der Waals surface area contributed by atoms with Crippen molar-refractivity contribution in [3.05, 3.63) is 35.6 Å². The fourth-order valence-corrected chi connectivity index (χ4v) is 1.36. The molecule has 5 heteroatoms. The maximum absolute atomic E-state index is 12.6. The highest BCUT2D eigenvalue weighted by Crippen LogP contribution is 2.15. The van der Waals surface area contributed by atoms with E-state index in [1.807, 2.05) is 0 Å². The van der Waals surface area contributed by atoms with Crippen LogP contribution in [0.2, 0.25) is 0 Å². The van der Waals surface area contributed by atoms with Gasteiger partial charge >= 0.3 is 0 Å². The average molecular weight is 242 g/mol. The van der Waals surface area contributed by atoms with E-state index in [1.54, 1.807) is 19.2 Å². The van der Waals surface area contributed by atoms with Gasteiger partial charge < -0.3 is 15.7 Å². The van der Waals surface area contributed by atoms with Gasteiger partial charge in [0.1, 0.15) is 5.82 Å². The van der Waals surface area contributed by atoms with Crippen LogP contribution in [0.1, 0.15) is 18.1 Å². The Hall–Kier alpha value is -1.20. The van der Waals surface area contributed by atoms with Crippen molar-refractivity contribution in [2.75, 3.05) is 13.6 Å². The number of hydrogen-bond acceptors (Lipinski definition) is 2. The number of aliphatic hydroxyl groups excluding tert-OH is 1. The van der Waals surface area contributed by atoms with E-state index in [1.165, 1.54) is 12.1 Å². The third kappa shape index (κ3) is 4.12. The number of hydrogen-bond donors (Lipinski definition) is 3. The van der Waals surface area contributed by atoms with Gasteiger partial charge in [0.2, 0.25) is 0 Å². The molecule has 0 aliphatic heterocycles. The Labute approximate surface area is 99.7 Å². The summed E-state index contributed by atoms with van der Waals surface area (Å²) >= 11 is 4.89. The number of nitrogens with one attached hydrogen (secondary N) is 2. The highest BCUT2D eigenvalue weighted by atomic mass is 32.1. The molecule has 0 bridgehead atoms. The summed E-state index contributed by atoms with van der Waals surface area (Å²) in [4.78, 5) is 0. The monoisotopic (exact) mass is 242 g/mol. The van der Waals surface area contributed by atoms with Crippen LogP contribution >= 0.6 is 12.2 Å². The molecular formula is C11H15FN2OS. The largest absolute Gasteiger partial charge is 0.388 e. The normalized spacial score (nSPS) is 11.9. The molecule has 3 nitrogen and oxygen atoms in total. The quantitative estimate of drug-likeness (QED) is 0.697. The van der Waals surface area contributed by atoms with Crippen molar-refractivity contribution >= 4 is 17.3 Å². The fourth-order valence-electron chi connectivity index (χ4n) is 1.26. The molecule has 0 saturated carbocycles. The molecule has 0 spiro atoms. The molecular weight excluding hydrogens is 227 g/mol. The van der Waals surface area contributed by atoms with Gasteiger partial charge in [-0.25, -0.2) is 4.39 Å². The highest BCUT2D eigenvalue weighted by Gasteiger charge is 2.07. The maximum Gasteiger partial charge on any atom is 0.166 e. The van der Waals surface area contributed by atoms with Gasteiger partial charge in [-0.05, 0) is 36.3 Å². The summed E-state index contributed by atoms with van der Waals surface area (Å²) in [6.07, 6.45) is -0.0826. The molecule has 0 radical (unpaired) electrons. The van der Waals surface area contributed by atoms with Gasteiger partial charge in [0, 0.05) is 13.6 Å². The molecule has 0 amide bonds. The van der Waals surface area contributed by atoms with Crippen molar-refractivity contribution in [2.45, 2.75) is 12.5 Å². The van der Waals surface area contributed by atoms with Gasteiger partial charge in [-0.1, -0.05) is 12.1 Å². The molecule has 16 heavy (non-hydrogen) atoms. The van der Waals surface area contributed by atoms with Crippen LogP contribution in [0.25, 0.3) is 0 Å². The third-order valence-electron chi connectivity index (χ3n) is 2.19. The Morgan fingerprint density at radius 1 is 1.44 bits per heavy atom. The second kappa shape index (κ2) is 6.40. The Morgan fingerprint density at radius 3 is 2.62 bits per heavy atom. The molecule has 1 aromatic carbocycles. The zero-order valence-electron chi connectivity index (χ0n) is 9.03. The van der Waals surface area contributed by atoms with Crippen LogP contribution in [0.5, 0.6) is 0 Å². The SMILES string of the molecule is CNC(=S)NCCC(O)c1ccc(F)cc1. The van der Waals surface area contributed by atoms with Crippen molar-refractivity contribution in [2.24, 2.45) is 0 Å². The third-order valence-corrected chi connectivity index (χ3v) is 2.53. The summed E-state index contributed by atoms with van der Waals surface area (Å²) < 4.78 is 12.6. The minimum Gasteiger partial charge on any atom is -0.388 e. The van der Waals surface area contributed by atoms with Crippen LogP contribution in [-0.4, -0.2) is 23.8 Å². The Balaban J connectivity index is 2.37. The fraction of sp³-hybridized carbons (Fsp3) is 0.364. The first-order valence-electron chi connectivity index (χ1n) is 5.02. The van der Waals surface area contributed by atoms with Crippen molar-refractivity contribution in [3.8, 4) is 0 Å². The molecule has 1 unspecified atom stereocenters. The minimum absolute atomic E-state index is 0.301. The van der Waals surface area contributed by atoms with Gasteiger partial charge in [0.15, 0.2) is 5.11 Å². The number of aliphatic hydroxyl groups is 1. The van der Waals surface area contributed by atoms with Crippen molar-refractivity contribution in [1.29, 1.82) is 0 Å². The standard InChI is InChI=1S/C11H15FN2OS/c1-13-11(16)14-7-6-10(15)8-2-4-9(12)5-3-8/h2-5,10,15H,6-7H2,1H3,(H2,13,14,16). The average Bonchev–Trinajstić information content (AvgIpc) is 2.29. The van der Waals surface area contributed by atoms with E-state index in [4.69, 9.17) is 12.2 Å². The summed E-state index contributed by atoms with van der Waals surface area (Å²) in [5.41, 5.74) is 0.707. The zero-order valence-corrected chi connectivity index (χ0v) is 9.85. The lowest BCUT2D eigenvalue weighted by Crippen LogP contribution is -2.33. The van der Waals surface area contributed by atoms with E-state index in [2.05, 4.69) is 10.6 Å². The van der Waals surface area contributed by atoms with Crippen molar-refractivity contribution < 1.29 is 9.50 Å². The van der Waals surface area contributed by atoms with E-state index in [0.29, 0.717) is 23.6 Å². The second-order valence-electron chi connectivity index (χ2n) is 3.36. The lowest BCUT2D eigenvalue weighted by atomic mass is 10.1. The van der Waals surface area contributed by atoms with E-state index < -0.39 is 6.10 Å². The molecule has 0 saturated heterocycles. The first-order valence-corrected chi connectivity index (χ1v) is 5.43. The molecule has 0 aliphatic rings. The predicted octanol–water partition coefficient (Wildman–Crippen LogP) is 1.34. The lowest BCUT2D eigenvalue weighted by Gasteiger charge is -2.12. The summed E-state index contributed by atoms with van der Waals surface area (Å²) in [6, 6.07) is 5.83. The highest BCUT2D eigenvalue weighted by molar-refractivity contribution is 7.80. The molecule has 1 atom stereocenters. The van der Waals surface area contributed by atoms with E-state index in [0.717, 1.165) is 0 Å². The van der Waals surface area contributed by atoms with E-state index in [-0.39, 0.29) is 5.82 Å². The van der Waals surface area contributed by atoms with Crippen LogP contribution in [0.3, 0.4) is 0 Å². The van der Waals surface area contributed by atoms with Crippen molar-refractivity contribution in [3.63, 3.8) is 0 Å². The van der Waals surface area contributed by atoms with Gasteiger partial charge in [-0.15, -0.1) is 0 Å². The van der Waals surface area contributed by atoms with Crippen LogP contribution in [0.15, 0.2) is 24.3 Å². The van der Waals surface area contributed by atoms with Gasteiger partial charge in [0.05, 0.1) is 6.10 Å². The minimum atomic E-state index is -0.604. The predicted molar refractivity (Wildman–Crippen MR) is 65.6 cm³/mol. The van der Waals surface area contributed by atoms with Crippen molar-refractivity contribution in [1.82, 2.24) is 10.6 Å². The molecule has 1 aromatic rings. The topological polar surface area (TPSA) is 44.3 Å². The maximum atomic E-state index is 12.6. The first-order chi connectivity index (χ1) is 7.63.